The molecular weight excluding hydrogens is 370 g/mol. The van der Waals surface area contributed by atoms with E-state index in [0.717, 1.165) is 32.5 Å². The van der Waals surface area contributed by atoms with E-state index in [1.165, 1.54) is 5.56 Å². The number of carbonyl (C=O) groups is 1. The molecule has 156 valence electrons. The third kappa shape index (κ3) is 4.28. The monoisotopic (exact) mass is 399 g/mol. The van der Waals surface area contributed by atoms with E-state index in [1.54, 1.807) is 7.11 Å². The number of hydrogen-bond donors (Lipinski definition) is 2. The quantitative estimate of drug-likeness (QED) is 0.691. The SMILES string of the molecule is COCCNC(=O)N[C@@H]1C[C@H]2CN(Cc3ccccc3)C[C@@]2(c2nc(C)no2)C1. The zero-order valence-corrected chi connectivity index (χ0v) is 17.1. The number of fused-ring (bicyclic) bond motifs is 1. The second-order valence-electron chi connectivity index (χ2n) is 8.18. The van der Waals surface area contributed by atoms with Gasteiger partial charge in [-0.2, -0.15) is 4.98 Å². The molecule has 0 bridgehead atoms. The lowest BCUT2D eigenvalue weighted by molar-refractivity contribution is 0.194. The first-order chi connectivity index (χ1) is 14.1. The van der Waals surface area contributed by atoms with Crippen molar-refractivity contribution in [2.75, 3.05) is 33.4 Å². The third-order valence-corrected chi connectivity index (χ3v) is 6.07. The van der Waals surface area contributed by atoms with Crippen molar-refractivity contribution in [2.45, 2.75) is 37.8 Å². The van der Waals surface area contributed by atoms with Crippen molar-refractivity contribution in [1.29, 1.82) is 0 Å². The highest BCUT2D eigenvalue weighted by molar-refractivity contribution is 5.74. The van der Waals surface area contributed by atoms with Crippen molar-refractivity contribution in [3.05, 3.63) is 47.6 Å². The van der Waals surface area contributed by atoms with Crippen LogP contribution in [0.25, 0.3) is 0 Å². The first kappa shape index (κ1) is 19.8. The summed E-state index contributed by atoms with van der Waals surface area (Å²) < 4.78 is 10.6. The van der Waals surface area contributed by atoms with E-state index in [9.17, 15) is 4.79 Å². The number of carbonyl (C=O) groups excluding carboxylic acids is 1. The highest BCUT2D eigenvalue weighted by Crippen LogP contribution is 2.50. The van der Waals surface area contributed by atoms with Gasteiger partial charge >= 0.3 is 6.03 Å². The van der Waals surface area contributed by atoms with Gasteiger partial charge < -0.3 is 19.9 Å². The van der Waals surface area contributed by atoms with Crippen LogP contribution in [0.15, 0.2) is 34.9 Å². The molecule has 2 fully saturated rings. The van der Waals surface area contributed by atoms with Crippen LogP contribution in [0.4, 0.5) is 4.79 Å². The molecule has 1 saturated heterocycles. The van der Waals surface area contributed by atoms with Crippen LogP contribution in [0, 0.1) is 12.8 Å². The van der Waals surface area contributed by atoms with Crippen molar-refractivity contribution in [2.24, 2.45) is 5.92 Å². The van der Waals surface area contributed by atoms with Gasteiger partial charge in [0.15, 0.2) is 5.82 Å². The maximum absolute atomic E-state index is 12.2. The molecule has 0 unspecified atom stereocenters. The lowest BCUT2D eigenvalue weighted by Gasteiger charge is -2.25. The Hall–Kier alpha value is -2.45. The topological polar surface area (TPSA) is 92.5 Å². The Bertz CT molecular complexity index is 827. The number of urea groups is 1. The fourth-order valence-corrected chi connectivity index (χ4v) is 4.88. The predicted octanol–water partition coefficient (Wildman–Crippen LogP) is 1.86. The van der Waals surface area contributed by atoms with Crippen LogP contribution in [0.1, 0.15) is 30.1 Å². The third-order valence-electron chi connectivity index (χ3n) is 6.07. The summed E-state index contributed by atoms with van der Waals surface area (Å²) in [4.78, 5) is 19.3. The van der Waals surface area contributed by atoms with Gasteiger partial charge in [0.05, 0.1) is 12.0 Å². The highest BCUT2D eigenvalue weighted by Gasteiger charge is 2.57. The van der Waals surface area contributed by atoms with Gasteiger partial charge in [-0.3, -0.25) is 4.90 Å². The van der Waals surface area contributed by atoms with Crippen LogP contribution >= 0.6 is 0 Å². The Morgan fingerprint density at radius 1 is 1.38 bits per heavy atom. The summed E-state index contributed by atoms with van der Waals surface area (Å²) >= 11 is 0. The molecular formula is C21H29N5O3. The molecule has 2 heterocycles. The second kappa shape index (κ2) is 8.51. The predicted molar refractivity (Wildman–Crippen MR) is 107 cm³/mol. The molecule has 8 heteroatoms. The number of methoxy groups -OCH3 is 1. The number of amides is 2. The Balaban J connectivity index is 1.46. The van der Waals surface area contributed by atoms with Crippen molar-refractivity contribution in [3.8, 4) is 0 Å². The molecule has 1 aliphatic heterocycles. The molecule has 1 aromatic heterocycles. The van der Waals surface area contributed by atoms with Gasteiger partial charge in [-0.05, 0) is 31.2 Å². The van der Waals surface area contributed by atoms with Crippen molar-refractivity contribution in [1.82, 2.24) is 25.7 Å². The fourth-order valence-electron chi connectivity index (χ4n) is 4.88. The van der Waals surface area contributed by atoms with E-state index in [0.29, 0.717) is 30.8 Å². The van der Waals surface area contributed by atoms with Crippen LogP contribution in [0.5, 0.6) is 0 Å². The lowest BCUT2D eigenvalue weighted by Crippen LogP contribution is -2.43. The first-order valence-electron chi connectivity index (χ1n) is 10.2. The minimum Gasteiger partial charge on any atom is -0.383 e. The van der Waals surface area contributed by atoms with Crippen LogP contribution in [-0.2, 0) is 16.7 Å². The second-order valence-corrected chi connectivity index (χ2v) is 8.18. The fraction of sp³-hybridized carbons (Fsp3) is 0.571. The van der Waals surface area contributed by atoms with E-state index in [2.05, 4.69) is 49.9 Å². The zero-order chi connectivity index (χ0) is 20.3. The van der Waals surface area contributed by atoms with E-state index >= 15 is 0 Å². The van der Waals surface area contributed by atoms with E-state index in [-0.39, 0.29) is 17.5 Å². The van der Waals surface area contributed by atoms with Gasteiger partial charge in [0.25, 0.3) is 0 Å². The van der Waals surface area contributed by atoms with E-state index in [4.69, 9.17) is 9.26 Å². The number of likely N-dealkylation sites (tertiary alicyclic amines) is 1. The van der Waals surface area contributed by atoms with Gasteiger partial charge in [0, 0.05) is 39.3 Å². The van der Waals surface area contributed by atoms with Gasteiger partial charge in [-0.15, -0.1) is 0 Å². The number of hydrogen-bond acceptors (Lipinski definition) is 6. The minimum absolute atomic E-state index is 0.0913. The van der Waals surface area contributed by atoms with Crippen LogP contribution in [0.3, 0.4) is 0 Å². The summed E-state index contributed by atoms with van der Waals surface area (Å²) in [6, 6.07) is 10.5. The molecule has 1 aromatic carbocycles. The number of nitrogens with zero attached hydrogens (tertiary/aromatic N) is 3. The van der Waals surface area contributed by atoms with Gasteiger partial charge in [-0.1, -0.05) is 35.5 Å². The number of rotatable bonds is 7. The van der Waals surface area contributed by atoms with Crippen LogP contribution < -0.4 is 10.6 Å². The summed E-state index contributed by atoms with van der Waals surface area (Å²) in [7, 11) is 1.62. The molecule has 2 aliphatic rings. The number of ether oxygens (including phenoxy) is 1. The maximum atomic E-state index is 12.2. The van der Waals surface area contributed by atoms with Crippen molar-refractivity contribution < 1.29 is 14.1 Å². The summed E-state index contributed by atoms with van der Waals surface area (Å²) in [5, 5.41) is 10.00. The van der Waals surface area contributed by atoms with E-state index < -0.39 is 0 Å². The molecule has 4 rings (SSSR count). The maximum Gasteiger partial charge on any atom is 0.315 e. The summed E-state index contributed by atoms with van der Waals surface area (Å²) in [5.41, 5.74) is 1.09. The first-order valence-corrected chi connectivity index (χ1v) is 10.2. The molecule has 2 amide bonds. The molecule has 0 radical (unpaired) electrons. The number of aromatic nitrogens is 2. The molecule has 2 N–H and O–H groups in total. The lowest BCUT2D eigenvalue weighted by atomic mass is 9.80. The summed E-state index contributed by atoms with van der Waals surface area (Å²) in [5.74, 6) is 1.73. The largest absolute Gasteiger partial charge is 0.383 e. The molecule has 1 aliphatic carbocycles. The Labute approximate surface area is 171 Å². The van der Waals surface area contributed by atoms with Gasteiger partial charge in [-0.25, -0.2) is 4.79 Å². The smallest absolute Gasteiger partial charge is 0.315 e. The number of nitrogens with one attached hydrogen (secondary N) is 2. The van der Waals surface area contributed by atoms with Crippen LogP contribution in [0.2, 0.25) is 0 Å². The molecule has 0 spiro atoms. The highest BCUT2D eigenvalue weighted by atomic mass is 16.5. The number of benzene rings is 1. The van der Waals surface area contributed by atoms with Gasteiger partial charge in [0.2, 0.25) is 5.89 Å². The van der Waals surface area contributed by atoms with Crippen molar-refractivity contribution >= 4 is 6.03 Å². The Morgan fingerprint density at radius 2 is 2.21 bits per heavy atom. The van der Waals surface area contributed by atoms with E-state index in [1.807, 2.05) is 13.0 Å². The molecule has 29 heavy (non-hydrogen) atoms. The molecule has 8 nitrogen and oxygen atoms in total. The van der Waals surface area contributed by atoms with Crippen LogP contribution in [-0.4, -0.2) is 60.5 Å². The molecule has 2 aromatic rings. The molecule has 3 atom stereocenters. The number of aryl methyl sites for hydroxylation is 1. The Morgan fingerprint density at radius 3 is 2.93 bits per heavy atom. The average molecular weight is 399 g/mol. The molecule has 1 saturated carbocycles. The zero-order valence-electron chi connectivity index (χ0n) is 17.1. The standard InChI is InChI=1S/C21H29N5O3/c1-15-23-19(29-25-15)21-11-18(24-20(27)22-8-9-28-2)10-17(21)13-26(14-21)12-16-6-4-3-5-7-16/h3-7,17-18H,8-14H2,1-2H3,(H2,22,24,27)/t17-,18+,21-/m0/s1. The summed E-state index contributed by atoms with van der Waals surface area (Å²) in [6.07, 6.45) is 1.71. The normalized spacial score (nSPS) is 26.4. The Kier molecular flexibility index (Phi) is 5.82. The average Bonchev–Trinajstić information content (AvgIpc) is 3.35. The van der Waals surface area contributed by atoms with Crippen molar-refractivity contribution in [3.63, 3.8) is 0 Å². The minimum atomic E-state index is -0.208. The van der Waals surface area contributed by atoms with Gasteiger partial charge in [0.1, 0.15) is 0 Å². The summed E-state index contributed by atoms with van der Waals surface area (Å²) in [6.45, 7) is 5.57.